The minimum Gasteiger partial charge on any atom is -0.359 e. The van der Waals surface area contributed by atoms with Crippen LogP contribution >= 0.6 is 23.1 Å². The Morgan fingerprint density at radius 3 is 2.55 bits per heavy atom. The molecule has 2 amide bonds. The van der Waals surface area contributed by atoms with E-state index < -0.39 is 5.92 Å². The molecule has 1 saturated carbocycles. The molecule has 1 aromatic heterocycles. The van der Waals surface area contributed by atoms with Crippen LogP contribution in [0.4, 0.5) is 0 Å². The Morgan fingerprint density at radius 1 is 1.12 bits per heavy atom. The SMILES string of the molecule is C=C(CN1CCSCC1)C(=O)CC[C@@H](NC(=O)[C@@H](CC(=O)NC)Cc1nc2ccc(C(C)C)cc2s1)C1CCCCC1. The quantitative estimate of drug-likeness (QED) is 0.265. The van der Waals surface area contributed by atoms with Crippen molar-refractivity contribution in [2.24, 2.45) is 11.8 Å². The molecule has 0 spiro atoms. The topological polar surface area (TPSA) is 91.4 Å². The van der Waals surface area contributed by atoms with Crippen LogP contribution in [0.2, 0.25) is 0 Å². The first-order valence-corrected chi connectivity index (χ1v) is 17.6. The highest BCUT2D eigenvalue weighted by Gasteiger charge is 2.30. The van der Waals surface area contributed by atoms with Gasteiger partial charge in [-0.2, -0.15) is 11.8 Å². The van der Waals surface area contributed by atoms with Crippen molar-refractivity contribution in [3.8, 4) is 0 Å². The first-order valence-electron chi connectivity index (χ1n) is 15.6. The van der Waals surface area contributed by atoms with E-state index >= 15 is 0 Å². The Balaban J connectivity index is 1.44. The zero-order chi connectivity index (χ0) is 30.1. The molecular formula is C33H48N4O3S2. The highest BCUT2D eigenvalue weighted by Crippen LogP contribution is 2.31. The summed E-state index contributed by atoms with van der Waals surface area (Å²) >= 11 is 3.56. The fraction of sp³-hybridized carbons (Fsp3) is 0.636. The molecule has 2 N–H and O–H groups in total. The number of aromatic nitrogens is 1. The summed E-state index contributed by atoms with van der Waals surface area (Å²) in [7, 11) is 1.61. The van der Waals surface area contributed by atoms with E-state index in [0.717, 1.165) is 65.5 Å². The third kappa shape index (κ3) is 9.38. The fourth-order valence-corrected chi connectivity index (χ4v) is 8.15. The fourth-order valence-electron chi connectivity index (χ4n) is 6.07. The van der Waals surface area contributed by atoms with Gasteiger partial charge in [0.25, 0.3) is 0 Å². The van der Waals surface area contributed by atoms with Gasteiger partial charge in [-0.25, -0.2) is 4.98 Å². The van der Waals surface area contributed by atoms with Crippen molar-refractivity contribution < 1.29 is 14.4 Å². The van der Waals surface area contributed by atoms with E-state index in [1.165, 1.54) is 12.0 Å². The number of ketones is 1. The molecule has 1 saturated heterocycles. The number of Topliss-reactive ketones (excluding diaryl/α,β-unsaturated/α-hetero) is 1. The van der Waals surface area contributed by atoms with Crippen molar-refractivity contribution in [2.45, 2.75) is 83.6 Å². The Hall–Kier alpha value is -2.23. The van der Waals surface area contributed by atoms with Crippen LogP contribution in [-0.2, 0) is 20.8 Å². The number of nitrogens with zero attached hydrogens (tertiary/aromatic N) is 2. The van der Waals surface area contributed by atoms with Gasteiger partial charge in [0, 0.05) is 69.1 Å². The lowest BCUT2D eigenvalue weighted by molar-refractivity contribution is -0.131. The molecular weight excluding hydrogens is 565 g/mol. The Morgan fingerprint density at radius 2 is 1.86 bits per heavy atom. The molecule has 7 nitrogen and oxygen atoms in total. The highest BCUT2D eigenvalue weighted by molar-refractivity contribution is 7.99. The second-order valence-electron chi connectivity index (χ2n) is 12.2. The smallest absolute Gasteiger partial charge is 0.224 e. The third-order valence-electron chi connectivity index (χ3n) is 8.77. The molecule has 2 atom stereocenters. The van der Waals surface area contributed by atoms with E-state index in [2.05, 4.69) is 48.1 Å². The normalized spacial score (nSPS) is 18.1. The summed E-state index contributed by atoms with van der Waals surface area (Å²) in [5.41, 5.74) is 2.87. The average Bonchev–Trinajstić information content (AvgIpc) is 3.41. The summed E-state index contributed by atoms with van der Waals surface area (Å²) in [6.45, 7) is 11.1. The van der Waals surface area contributed by atoms with E-state index in [1.54, 1.807) is 18.4 Å². The first kappa shape index (κ1) is 32.7. The van der Waals surface area contributed by atoms with E-state index in [-0.39, 0.29) is 30.1 Å². The number of nitrogens with one attached hydrogen (secondary N) is 2. The third-order valence-corrected chi connectivity index (χ3v) is 10.8. The van der Waals surface area contributed by atoms with Crippen molar-refractivity contribution in [3.63, 3.8) is 0 Å². The van der Waals surface area contributed by atoms with Crippen molar-refractivity contribution in [1.82, 2.24) is 20.5 Å². The van der Waals surface area contributed by atoms with E-state index in [0.29, 0.717) is 43.2 Å². The standard InChI is InChI=1S/C33H48N4O3S2/c1-22(2)25-10-11-28-30(18-25)42-32(35-28)20-26(19-31(39)34-4)33(40)36-27(24-8-6-5-7-9-24)12-13-29(38)23(3)21-37-14-16-41-17-15-37/h10-11,18,22,24,26-27H,3,5-9,12-17,19-21H2,1-2,4H3,(H,34,39)(H,36,40)/t26-,27+/m0/s1. The molecule has 9 heteroatoms. The maximum Gasteiger partial charge on any atom is 0.224 e. The number of thiazole rings is 1. The minimum atomic E-state index is -0.524. The summed E-state index contributed by atoms with van der Waals surface area (Å²) in [5, 5.41) is 6.89. The zero-order valence-corrected chi connectivity index (χ0v) is 27.2. The predicted molar refractivity (Wildman–Crippen MR) is 175 cm³/mol. The summed E-state index contributed by atoms with van der Waals surface area (Å²) < 4.78 is 1.11. The van der Waals surface area contributed by atoms with Gasteiger partial charge in [-0.05, 0) is 48.8 Å². The van der Waals surface area contributed by atoms with Crippen molar-refractivity contribution in [2.75, 3.05) is 38.2 Å². The van der Waals surface area contributed by atoms with Gasteiger partial charge in [0.1, 0.15) is 0 Å². The molecule has 0 radical (unpaired) electrons. The lowest BCUT2D eigenvalue weighted by Gasteiger charge is -2.32. The van der Waals surface area contributed by atoms with Gasteiger partial charge in [-0.3, -0.25) is 19.3 Å². The molecule has 4 rings (SSSR count). The summed E-state index contributed by atoms with van der Waals surface area (Å²) in [5.74, 6) is 2.28. The first-order chi connectivity index (χ1) is 20.2. The monoisotopic (exact) mass is 612 g/mol. The maximum absolute atomic E-state index is 13.8. The minimum absolute atomic E-state index is 0.0860. The van der Waals surface area contributed by atoms with Crippen molar-refractivity contribution >= 4 is 50.9 Å². The summed E-state index contributed by atoms with van der Waals surface area (Å²) in [6.07, 6.45) is 7.15. The summed E-state index contributed by atoms with van der Waals surface area (Å²) in [6, 6.07) is 6.26. The van der Waals surface area contributed by atoms with Gasteiger partial charge in [0.15, 0.2) is 5.78 Å². The van der Waals surface area contributed by atoms with E-state index in [4.69, 9.17) is 4.98 Å². The maximum atomic E-state index is 13.8. The van der Waals surface area contributed by atoms with E-state index in [1.807, 2.05) is 17.8 Å². The molecule has 2 aromatic rings. The van der Waals surface area contributed by atoms with Crippen LogP contribution in [0.5, 0.6) is 0 Å². The van der Waals surface area contributed by atoms with Gasteiger partial charge in [-0.1, -0.05) is 45.8 Å². The molecule has 0 unspecified atom stereocenters. The molecule has 2 fully saturated rings. The van der Waals surface area contributed by atoms with Crippen LogP contribution in [0.25, 0.3) is 10.2 Å². The predicted octanol–water partition coefficient (Wildman–Crippen LogP) is 5.73. The van der Waals surface area contributed by atoms with Crippen LogP contribution in [0.3, 0.4) is 0 Å². The second-order valence-corrected chi connectivity index (χ2v) is 14.6. The molecule has 0 bridgehead atoms. The van der Waals surface area contributed by atoms with Gasteiger partial charge < -0.3 is 10.6 Å². The Bertz CT molecular complexity index is 1230. The second kappa shape index (κ2) is 16.0. The molecule has 1 aliphatic carbocycles. The molecule has 42 heavy (non-hydrogen) atoms. The lowest BCUT2D eigenvalue weighted by atomic mass is 9.81. The largest absolute Gasteiger partial charge is 0.359 e. The zero-order valence-electron chi connectivity index (χ0n) is 25.6. The number of hydrogen-bond donors (Lipinski definition) is 2. The molecule has 2 aliphatic rings. The Kier molecular flexibility index (Phi) is 12.5. The van der Waals surface area contributed by atoms with E-state index in [9.17, 15) is 14.4 Å². The summed E-state index contributed by atoms with van der Waals surface area (Å²) in [4.78, 5) is 46.5. The van der Waals surface area contributed by atoms with Crippen LogP contribution in [0.1, 0.15) is 81.7 Å². The van der Waals surface area contributed by atoms with Gasteiger partial charge in [0.05, 0.1) is 21.1 Å². The number of rotatable bonds is 14. The van der Waals surface area contributed by atoms with Crippen molar-refractivity contribution in [1.29, 1.82) is 0 Å². The molecule has 230 valence electrons. The number of benzene rings is 1. The number of carbonyl (C=O) groups is 3. The van der Waals surface area contributed by atoms with Crippen LogP contribution in [-0.4, -0.2) is 71.7 Å². The van der Waals surface area contributed by atoms with Gasteiger partial charge in [0.2, 0.25) is 11.8 Å². The van der Waals surface area contributed by atoms with Gasteiger partial charge >= 0.3 is 0 Å². The number of carbonyl (C=O) groups excluding carboxylic acids is 3. The molecule has 1 aromatic carbocycles. The van der Waals surface area contributed by atoms with Crippen LogP contribution in [0.15, 0.2) is 30.4 Å². The van der Waals surface area contributed by atoms with Crippen molar-refractivity contribution in [3.05, 3.63) is 40.9 Å². The average molecular weight is 613 g/mol. The van der Waals surface area contributed by atoms with Crippen LogP contribution in [0, 0.1) is 11.8 Å². The number of thioether (sulfide) groups is 1. The lowest BCUT2D eigenvalue weighted by Crippen LogP contribution is -2.45. The highest BCUT2D eigenvalue weighted by atomic mass is 32.2. The number of amides is 2. The molecule has 1 aliphatic heterocycles. The van der Waals surface area contributed by atoms with Crippen LogP contribution < -0.4 is 10.6 Å². The van der Waals surface area contributed by atoms with Gasteiger partial charge in [-0.15, -0.1) is 11.3 Å². The molecule has 2 heterocycles. The number of fused-ring (bicyclic) bond motifs is 1. The Labute approximate surface area is 259 Å². The number of hydrogen-bond acceptors (Lipinski definition) is 7.